The van der Waals surface area contributed by atoms with Crippen LogP contribution in [-0.4, -0.2) is 17.6 Å². The lowest BCUT2D eigenvalue weighted by atomic mass is 9.84. The standard InChI is InChI=1S/C12H18ClN3/c13-12-6-5-10(8-15-12)16-11-4-2-1-3-9(11)7-14/h5-6,8-9,11,16H,1-4,7,14H2. The van der Waals surface area contributed by atoms with E-state index in [2.05, 4.69) is 10.3 Å². The Hall–Kier alpha value is -0.800. The van der Waals surface area contributed by atoms with E-state index in [0.29, 0.717) is 17.1 Å². The van der Waals surface area contributed by atoms with Gasteiger partial charge in [0.05, 0.1) is 11.9 Å². The molecule has 1 aliphatic carbocycles. The van der Waals surface area contributed by atoms with Crippen LogP contribution in [0.2, 0.25) is 5.15 Å². The molecular weight excluding hydrogens is 222 g/mol. The zero-order chi connectivity index (χ0) is 11.4. The monoisotopic (exact) mass is 239 g/mol. The quantitative estimate of drug-likeness (QED) is 0.798. The molecule has 0 aliphatic heterocycles. The number of nitrogens with zero attached hydrogens (tertiary/aromatic N) is 1. The summed E-state index contributed by atoms with van der Waals surface area (Å²) in [6, 6.07) is 4.27. The van der Waals surface area contributed by atoms with Crippen molar-refractivity contribution in [2.45, 2.75) is 31.7 Å². The smallest absolute Gasteiger partial charge is 0.129 e. The largest absolute Gasteiger partial charge is 0.381 e. The third kappa shape index (κ3) is 2.86. The summed E-state index contributed by atoms with van der Waals surface area (Å²) in [7, 11) is 0. The van der Waals surface area contributed by atoms with Gasteiger partial charge in [-0.3, -0.25) is 0 Å². The maximum atomic E-state index is 5.79. The van der Waals surface area contributed by atoms with Crippen molar-refractivity contribution in [3.63, 3.8) is 0 Å². The van der Waals surface area contributed by atoms with Crippen molar-refractivity contribution in [3.05, 3.63) is 23.5 Å². The first kappa shape index (κ1) is 11.7. The molecule has 0 amide bonds. The molecule has 1 aromatic rings. The second-order valence-electron chi connectivity index (χ2n) is 4.40. The third-order valence-corrected chi connectivity index (χ3v) is 3.51. The van der Waals surface area contributed by atoms with Crippen molar-refractivity contribution < 1.29 is 0 Å². The van der Waals surface area contributed by atoms with Gasteiger partial charge in [0.2, 0.25) is 0 Å². The van der Waals surface area contributed by atoms with E-state index in [-0.39, 0.29) is 0 Å². The summed E-state index contributed by atoms with van der Waals surface area (Å²) in [5.74, 6) is 0.587. The minimum atomic E-state index is 0.488. The molecule has 0 aromatic carbocycles. The number of hydrogen-bond acceptors (Lipinski definition) is 3. The van der Waals surface area contributed by atoms with Gasteiger partial charge in [0, 0.05) is 6.04 Å². The van der Waals surface area contributed by atoms with Crippen molar-refractivity contribution in [1.82, 2.24) is 4.98 Å². The number of pyridine rings is 1. The number of nitrogens with two attached hydrogens (primary N) is 1. The fraction of sp³-hybridized carbons (Fsp3) is 0.583. The number of aromatic nitrogens is 1. The van der Waals surface area contributed by atoms with E-state index < -0.39 is 0 Å². The minimum absolute atomic E-state index is 0.488. The van der Waals surface area contributed by atoms with Gasteiger partial charge in [-0.05, 0) is 37.4 Å². The molecule has 4 heteroatoms. The molecule has 0 saturated heterocycles. The van der Waals surface area contributed by atoms with Crippen LogP contribution >= 0.6 is 11.6 Å². The molecule has 1 heterocycles. The fourth-order valence-corrected chi connectivity index (χ4v) is 2.47. The molecule has 2 atom stereocenters. The van der Waals surface area contributed by atoms with E-state index in [4.69, 9.17) is 17.3 Å². The molecule has 0 radical (unpaired) electrons. The Morgan fingerprint density at radius 2 is 2.19 bits per heavy atom. The van der Waals surface area contributed by atoms with Crippen molar-refractivity contribution in [2.75, 3.05) is 11.9 Å². The predicted octanol–water partition coefficient (Wildman–Crippen LogP) is 2.66. The summed E-state index contributed by atoms with van der Waals surface area (Å²) in [6.45, 7) is 0.763. The molecule has 16 heavy (non-hydrogen) atoms. The summed E-state index contributed by atoms with van der Waals surface area (Å²) in [5, 5.41) is 4.04. The normalized spacial score (nSPS) is 25.4. The molecule has 3 nitrogen and oxygen atoms in total. The molecule has 2 unspecified atom stereocenters. The van der Waals surface area contributed by atoms with Crippen molar-refractivity contribution in [2.24, 2.45) is 11.7 Å². The average molecular weight is 240 g/mol. The van der Waals surface area contributed by atoms with E-state index in [9.17, 15) is 0 Å². The topological polar surface area (TPSA) is 50.9 Å². The van der Waals surface area contributed by atoms with Gasteiger partial charge in [-0.2, -0.15) is 0 Å². The number of anilines is 1. The lowest BCUT2D eigenvalue weighted by Gasteiger charge is -2.32. The molecule has 3 N–H and O–H groups in total. The summed E-state index contributed by atoms with van der Waals surface area (Å²) in [4.78, 5) is 4.07. The van der Waals surface area contributed by atoms with Crippen LogP contribution < -0.4 is 11.1 Å². The molecule has 2 rings (SSSR count). The summed E-state index contributed by atoms with van der Waals surface area (Å²) in [6.07, 6.45) is 6.80. The summed E-state index contributed by atoms with van der Waals surface area (Å²) in [5.41, 5.74) is 6.83. The maximum Gasteiger partial charge on any atom is 0.129 e. The molecule has 0 spiro atoms. The molecule has 1 saturated carbocycles. The zero-order valence-electron chi connectivity index (χ0n) is 9.32. The van der Waals surface area contributed by atoms with Gasteiger partial charge < -0.3 is 11.1 Å². The van der Waals surface area contributed by atoms with Crippen LogP contribution in [0.1, 0.15) is 25.7 Å². The van der Waals surface area contributed by atoms with Gasteiger partial charge in [-0.25, -0.2) is 4.98 Å². The maximum absolute atomic E-state index is 5.79. The Balaban J connectivity index is 1.99. The van der Waals surface area contributed by atoms with Crippen LogP contribution in [0.25, 0.3) is 0 Å². The highest BCUT2D eigenvalue weighted by atomic mass is 35.5. The molecule has 1 aromatic heterocycles. The van der Waals surface area contributed by atoms with Gasteiger partial charge in [0.15, 0.2) is 0 Å². The van der Waals surface area contributed by atoms with Crippen LogP contribution in [0, 0.1) is 5.92 Å². The minimum Gasteiger partial charge on any atom is -0.381 e. The van der Waals surface area contributed by atoms with Crippen LogP contribution in [-0.2, 0) is 0 Å². The summed E-state index contributed by atoms with van der Waals surface area (Å²) < 4.78 is 0. The lowest BCUT2D eigenvalue weighted by Crippen LogP contribution is -2.36. The zero-order valence-corrected chi connectivity index (χ0v) is 10.1. The Morgan fingerprint density at radius 1 is 1.38 bits per heavy atom. The van der Waals surface area contributed by atoms with Gasteiger partial charge in [-0.1, -0.05) is 24.4 Å². The first-order chi connectivity index (χ1) is 7.79. The number of halogens is 1. The van der Waals surface area contributed by atoms with Crippen LogP contribution in [0.15, 0.2) is 18.3 Å². The molecular formula is C12H18ClN3. The number of rotatable bonds is 3. The van der Waals surface area contributed by atoms with Gasteiger partial charge in [0.25, 0.3) is 0 Å². The molecule has 1 aliphatic rings. The fourth-order valence-electron chi connectivity index (χ4n) is 2.36. The van der Waals surface area contributed by atoms with Gasteiger partial charge >= 0.3 is 0 Å². The van der Waals surface area contributed by atoms with E-state index in [0.717, 1.165) is 12.2 Å². The summed E-state index contributed by atoms with van der Waals surface area (Å²) >= 11 is 5.75. The molecule has 88 valence electrons. The molecule has 1 fully saturated rings. The SMILES string of the molecule is NCC1CCCCC1Nc1ccc(Cl)nc1. The van der Waals surface area contributed by atoms with E-state index in [1.165, 1.54) is 25.7 Å². The predicted molar refractivity (Wildman–Crippen MR) is 67.7 cm³/mol. The van der Waals surface area contributed by atoms with Crippen molar-refractivity contribution in [3.8, 4) is 0 Å². The Kier molecular flexibility index (Phi) is 4.02. The van der Waals surface area contributed by atoms with Crippen molar-refractivity contribution >= 4 is 17.3 Å². The number of hydrogen-bond donors (Lipinski definition) is 2. The average Bonchev–Trinajstić information content (AvgIpc) is 2.33. The van der Waals surface area contributed by atoms with E-state index in [1.54, 1.807) is 6.20 Å². The van der Waals surface area contributed by atoms with Crippen LogP contribution in [0.4, 0.5) is 5.69 Å². The van der Waals surface area contributed by atoms with Gasteiger partial charge in [0.1, 0.15) is 5.15 Å². The third-order valence-electron chi connectivity index (χ3n) is 3.29. The Labute approximate surface area is 101 Å². The van der Waals surface area contributed by atoms with Crippen molar-refractivity contribution in [1.29, 1.82) is 0 Å². The highest BCUT2D eigenvalue weighted by Crippen LogP contribution is 2.26. The first-order valence-corrected chi connectivity index (χ1v) is 6.25. The Bertz CT molecular complexity index is 326. The van der Waals surface area contributed by atoms with E-state index >= 15 is 0 Å². The second-order valence-corrected chi connectivity index (χ2v) is 4.79. The first-order valence-electron chi connectivity index (χ1n) is 5.88. The van der Waals surface area contributed by atoms with Gasteiger partial charge in [-0.15, -0.1) is 0 Å². The van der Waals surface area contributed by atoms with E-state index in [1.807, 2.05) is 12.1 Å². The lowest BCUT2D eigenvalue weighted by molar-refractivity contribution is 0.332. The van der Waals surface area contributed by atoms with Crippen LogP contribution in [0.5, 0.6) is 0 Å². The number of nitrogens with one attached hydrogen (secondary N) is 1. The highest BCUT2D eigenvalue weighted by Gasteiger charge is 2.23. The Morgan fingerprint density at radius 3 is 2.88 bits per heavy atom. The second kappa shape index (κ2) is 5.51. The highest BCUT2D eigenvalue weighted by molar-refractivity contribution is 6.29. The molecule has 0 bridgehead atoms. The van der Waals surface area contributed by atoms with Crippen LogP contribution in [0.3, 0.4) is 0 Å².